The van der Waals surface area contributed by atoms with Crippen molar-refractivity contribution in [3.05, 3.63) is 0 Å². The first-order valence-corrected chi connectivity index (χ1v) is 9.90. The second kappa shape index (κ2) is 3.85. The van der Waals surface area contributed by atoms with Gasteiger partial charge in [0.2, 0.25) is 0 Å². The first-order chi connectivity index (χ1) is 9.90. The molecule has 6 fully saturated rings. The molecule has 0 aromatic heterocycles. The fourth-order valence-electron chi connectivity index (χ4n) is 9.25. The molecule has 10 atom stereocenters. The van der Waals surface area contributed by atoms with E-state index < -0.39 is 0 Å². The van der Waals surface area contributed by atoms with Gasteiger partial charge in [-0.15, -0.1) is 0 Å². The zero-order valence-electron chi connectivity index (χ0n) is 12.8. The van der Waals surface area contributed by atoms with Crippen LogP contribution in [0, 0.1) is 59.2 Å². The maximum atomic E-state index is 1.68. The lowest BCUT2D eigenvalue weighted by molar-refractivity contribution is 0.182. The Morgan fingerprint density at radius 3 is 1.25 bits per heavy atom. The zero-order valence-corrected chi connectivity index (χ0v) is 12.8. The van der Waals surface area contributed by atoms with Gasteiger partial charge in [0.25, 0.3) is 0 Å². The first kappa shape index (κ1) is 11.6. The van der Waals surface area contributed by atoms with E-state index in [0.717, 1.165) is 0 Å². The van der Waals surface area contributed by atoms with Crippen molar-refractivity contribution in [3.8, 4) is 0 Å². The largest absolute Gasteiger partial charge is 0.0499 e. The summed E-state index contributed by atoms with van der Waals surface area (Å²) in [5, 5.41) is 0. The summed E-state index contributed by atoms with van der Waals surface area (Å²) >= 11 is 0. The average molecular weight is 270 g/mol. The van der Waals surface area contributed by atoms with Crippen molar-refractivity contribution in [1.82, 2.24) is 0 Å². The fraction of sp³-hybridized carbons (Fsp3) is 1.00. The van der Waals surface area contributed by atoms with Crippen LogP contribution in [0.2, 0.25) is 0 Å². The molecule has 0 saturated heterocycles. The Kier molecular flexibility index (Phi) is 2.22. The van der Waals surface area contributed by atoms with E-state index in [1.165, 1.54) is 59.2 Å². The van der Waals surface area contributed by atoms with E-state index in [9.17, 15) is 0 Å². The third-order valence-electron chi connectivity index (χ3n) is 9.52. The summed E-state index contributed by atoms with van der Waals surface area (Å²) in [5.41, 5.74) is 0. The highest BCUT2D eigenvalue weighted by molar-refractivity contribution is 5.09. The molecule has 0 aromatic rings. The summed E-state index contributed by atoms with van der Waals surface area (Å²) in [7, 11) is 0. The summed E-state index contributed by atoms with van der Waals surface area (Å²) in [6, 6.07) is 0. The molecule has 0 N–H and O–H groups in total. The summed E-state index contributed by atoms with van der Waals surface area (Å²) in [6.45, 7) is 0. The molecule has 0 spiro atoms. The second-order valence-corrected chi connectivity index (χ2v) is 9.63. The van der Waals surface area contributed by atoms with Crippen LogP contribution in [-0.2, 0) is 0 Å². The van der Waals surface area contributed by atoms with Gasteiger partial charge in [-0.05, 0) is 123 Å². The van der Waals surface area contributed by atoms with Gasteiger partial charge in [0.05, 0.1) is 0 Å². The zero-order chi connectivity index (χ0) is 12.8. The Hall–Kier alpha value is 0. The molecule has 0 radical (unpaired) electrons. The van der Waals surface area contributed by atoms with Crippen molar-refractivity contribution in [3.63, 3.8) is 0 Å². The highest BCUT2D eigenvalue weighted by atomic mass is 14.7. The third-order valence-corrected chi connectivity index (χ3v) is 9.52. The van der Waals surface area contributed by atoms with E-state index >= 15 is 0 Å². The second-order valence-electron chi connectivity index (χ2n) is 9.63. The minimum atomic E-state index is 1.19. The maximum absolute atomic E-state index is 1.68. The van der Waals surface area contributed by atoms with Crippen molar-refractivity contribution in [2.75, 3.05) is 0 Å². The number of hydrogen-bond donors (Lipinski definition) is 0. The van der Waals surface area contributed by atoms with Gasteiger partial charge in [-0.3, -0.25) is 0 Å². The summed E-state index contributed by atoms with van der Waals surface area (Å²) < 4.78 is 0. The van der Waals surface area contributed by atoms with Crippen LogP contribution in [-0.4, -0.2) is 0 Å². The van der Waals surface area contributed by atoms with Crippen LogP contribution in [0.4, 0.5) is 0 Å². The van der Waals surface area contributed by atoms with Crippen molar-refractivity contribution in [2.45, 2.75) is 64.2 Å². The molecule has 0 heteroatoms. The van der Waals surface area contributed by atoms with Crippen LogP contribution in [0.15, 0.2) is 0 Å². The van der Waals surface area contributed by atoms with E-state index in [1.54, 1.807) is 64.2 Å². The van der Waals surface area contributed by atoms with Gasteiger partial charge in [0.15, 0.2) is 0 Å². The summed E-state index contributed by atoms with van der Waals surface area (Å²) in [5.74, 6) is 12.0. The molecule has 0 aromatic carbocycles. The van der Waals surface area contributed by atoms with Gasteiger partial charge in [0.1, 0.15) is 0 Å². The Labute approximate surface area is 124 Å². The predicted octanol–water partition coefficient (Wildman–Crippen LogP) is 5.13. The monoisotopic (exact) mass is 270 g/mol. The van der Waals surface area contributed by atoms with Gasteiger partial charge in [-0.2, -0.15) is 0 Å². The van der Waals surface area contributed by atoms with Crippen molar-refractivity contribution in [2.24, 2.45) is 59.2 Å². The molecule has 0 amide bonds. The average Bonchev–Trinajstić information content (AvgIpc) is 3.18. The molecule has 0 bridgehead atoms. The fourth-order valence-corrected chi connectivity index (χ4v) is 9.25. The minimum Gasteiger partial charge on any atom is -0.0499 e. The highest BCUT2D eigenvalue weighted by Gasteiger charge is 2.60. The van der Waals surface area contributed by atoms with Gasteiger partial charge >= 0.3 is 0 Å². The molecule has 6 aliphatic carbocycles. The quantitative estimate of drug-likeness (QED) is 0.619. The van der Waals surface area contributed by atoms with Crippen LogP contribution >= 0.6 is 0 Å². The lowest BCUT2D eigenvalue weighted by Crippen LogP contribution is -2.24. The van der Waals surface area contributed by atoms with Crippen molar-refractivity contribution < 1.29 is 0 Å². The van der Waals surface area contributed by atoms with E-state index in [2.05, 4.69) is 0 Å². The molecular weight excluding hydrogens is 240 g/mol. The van der Waals surface area contributed by atoms with E-state index in [-0.39, 0.29) is 0 Å². The van der Waals surface area contributed by atoms with E-state index in [0.29, 0.717) is 0 Å². The third kappa shape index (κ3) is 1.27. The first-order valence-electron chi connectivity index (χ1n) is 9.90. The van der Waals surface area contributed by atoms with Crippen molar-refractivity contribution in [1.29, 1.82) is 0 Å². The van der Waals surface area contributed by atoms with Gasteiger partial charge in [-0.25, -0.2) is 0 Å². The van der Waals surface area contributed by atoms with E-state index in [4.69, 9.17) is 0 Å². The van der Waals surface area contributed by atoms with E-state index in [1.807, 2.05) is 0 Å². The van der Waals surface area contributed by atoms with Crippen LogP contribution in [0.25, 0.3) is 0 Å². The molecule has 6 saturated carbocycles. The maximum Gasteiger partial charge on any atom is -0.0326 e. The molecule has 20 heavy (non-hydrogen) atoms. The number of hydrogen-bond acceptors (Lipinski definition) is 0. The minimum absolute atomic E-state index is 1.19. The Bertz CT molecular complexity index is 386. The van der Waals surface area contributed by atoms with Crippen LogP contribution in [0.1, 0.15) is 64.2 Å². The Morgan fingerprint density at radius 2 is 0.750 bits per heavy atom. The Balaban J connectivity index is 1.31. The normalized spacial score (nSPS) is 66.0. The van der Waals surface area contributed by atoms with Crippen LogP contribution in [0.5, 0.6) is 0 Å². The predicted molar refractivity (Wildman–Crippen MR) is 81.1 cm³/mol. The van der Waals surface area contributed by atoms with Gasteiger partial charge < -0.3 is 0 Å². The van der Waals surface area contributed by atoms with Crippen LogP contribution < -0.4 is 0 Å². The van der Waals surface area contributed by atoms with Crippen LogP contribution in [0.3, 0.4) is 0 Å². The van der Waals surface area contributed by atoms with Gasteiger partial charge in [0, 0.05) is 0 Å². The molecule has 0 unspecified atom stereocenters. The smallest absolute Gasteiger partial charge is 0.0326 e. The molecular formula is C20H30. The highest BCUT2D eigenvalue weighted by Crippen LogP contribution is 2.68. The molecule has 0 heterocycles. The Morgan fingerprint density at radius 1 is 0.350 bits per heavy atom. The molecule has 6 rings (SSSR count). The topological polar surface area (TPSA) is 0 Å². The molecule has 110 valence electrons. The summed E-state index contributed by atoms with van der Waals surface area (Å²) in [6.07, 6.45) is 16.3. The van der Waals surface area contributed by atoms with Crippen molar-refractivity contribution >= 4 is 0 Å². The standard InChI is InChI=1S/C20H30/c1-3-13-9-17(15-7-5-11(1)19(13)15)18-10-14-4-2-12-6-8-16(18)20(12)14/h11-20H,1-10H2/t11-,12-,13-,14+,15-,16+,17-,18+,19+,20-/m1/s1. The molecule has 6 aliphatic rings. The molecule has 0 nitrogen and oxygen atoms in total. The molecule has 0 aliphatic heterocycles. The SMILES string of the molecule is C1C[C@@H]2C[C@@H]([C@H]3C[C@@H]4CC[C@@H]5CC[C@@H]3[C@H]54)[C@H]3CC[C@@H]1[C@@H]23. The lowest BCUT2D eigenvalue weighted by Gasteiger charge is -2.30. The summed E-state index contributed by atoms with van der Waals surface area (Å²) in [4.78, 5) is 0. The number of rotatable bonds is 1. The lowest BCUT2D eigenvalue weighted by atomic mass is 9.75. The van der Waals surface area contributed by atoms with Gasteiger partial charge in [-0.1, -0.05) is 0 Å².